The molecule has 92 valence electrons. The molecular formula is C10H12N2O2S3. The van der Waals surface area contributed by atoms with Crippen LogP contribution in [0.25, 0.3) is 0 Å². The summed E-state index contributed by atoms with van der Waals surface area (Å²) in [7, 11) is -1.61. The van der Waals surface area contributed by atoms with Gasteiger partial charge in [-0.1, -0.05) is 0 Å². The fourth-order valence-electron chi connectivity index (χ4n) is 1.30. The molecule has 0 saturated carbocycles. The zero-order valence-corrected chi connectivity index (χ0v) is 11.6. The average molecular weight is 288 g/mol. The first-order valence-electron chi connectivity index (χ1n) is 4.89. The maximum atomic E-state index is 12.0. The van der Waals surface area contributed by atoms with Crippen molar-refractivity contribution in [3.8, 4) is 0 Å². The van der Waals surface area contributed by atoms with E-state index in [4.69, 9.17) is 0 Å². The highest BCUT2D eigenvalue weighted by Crippen LogP contribution is 2.22. The molecule has 0 atom stereocenters. The predicted molar refractivity (Wildman–Crippen MR) is 72.2 cm³/mol. The number of sulfonamides is 1. The van der Waals surface area contributed by atoms with E-state index in [9.17, 15) is 8.42 Å². The van der Waals surface area contributed by atoms with E-state index >= 15 is 0 Å². The molecule has 0 aromatic carbocycles. The smallest absolute Gasteiger partial charge is 0.262 e. The molecule has 0 fully saturated rings. The Bertz CT molecular complexity index is 572. The van der Waals surface area contributed by atoms with E-state index in [0.717, 1.165) is 4.88 Å². The summed E-state index contributed by atoms with van der Waals surface area (Å²) in [5.74, 6) is 0. The van der Waals surface area contributed by atoms with Gasteiger partial charge in [0.2, 0.25) is 0 Å². The van der Waals surface area contributed by atoms with Gasteiger partial charge >= 0.3 is 0 Å². The summed E-state index contributed by atoms with van der Waals surface area (Å²) in [5, 5.41) is 8.24. The minimum Gasteiger partial charge on any atom is -0.315 e. The highest BCUT2D eigenvalue weighted by molar-refractivity contribution is 7.92. The molecule has 2 rings (SSSR count). The molecule has 0 aliphatic rings. The molecule has 0 radical (unpaired) electrons. The summed E-state index contributed by atoms with van der Waals surface area (Å²) in [5.41, 5.74) is 0.608. The first-order valence-corrected chi connectivity index (χ1v) is 8.19. The van der Waals surface area contributed by atoms with Gasteiger partial charge < -0.3 is 5.32 Å². The summed E-state index contributed by atoms with van der Waals surface area (Å²) in [6.07, 6.45) is 0. The SMILES string of the molecule is CNCc1cc(S(=O)(=O)Nc2ccsc2)cs1. The second-order valence-electron chi connectivity index (χ2n) is 3.40. The van der Waals surface area contributed by atoms with Crippen LogP contribution in [0.5, 0.6) is 0 Å². The largest absolute Gasteiger partial charge is 0.315 e. The predicted octanol–water partition coefficient (Wildman–Crippen LogP) is 2.33. The summed E-state index contributed by atoms with van der Waals surface area (Å²) in [6.45, 7) is 0.679. The fraction of sp³-hybridized carbons (Fsp3) is 0.200. The number of thiophene rings is 2. The molecule has 0 unspecified atom stereocenters. The van der Waals surface area contributed by atoms with E-state index in [-0.39, 0.29) is 0 Å². The van der Waals surface area contributed by atoms with E-state index in [1.165, 1.54) is 22.7 Å². The Morgan fingerprint density at radius 3 is 2.82 bits per heavy atom. The minimum atomic E-state index is -3.44. The summed E-state index contributed by atoms with van der Waals surface area (Å²) < 4.78 is 26.5. The fourth-order valence-corrected chi connectivity index (χ4v) is 4.30. The summed E-state index contributed by atoms with van der Waals surface area (Å²) in [4.78, 5) is 1.32. The number of anilines is 1. The van der Waals surface area contributed by atoms with Crippen LogP contribution in [-0.4, -0.2) is 15.5 Å². The number of hydrogen-bond donors (Lipinski definition) is 2. The molecule has 7 heteroatoms. The Balaban J connectivity index is 2.19. The Labute approximate surface area is 108 Å². The van der Waals surface area contributed by atoms with E-state index in [0.29, 0.717) is 17.1 Å². The molecule has 0 bridgehead atoms. The molecule has 0 aliphatic heterocycles. The Hall–Kier alpha value is -0.890. The van der Waals surface area contributed by atoms with Gasteiger partial charge in [0, 0.05) is 22.2 Å². The molecule has 2 aromatic rings. The molecule has 17 heavy (non-hydrogen) atoms. The van der Waals surface area contributed by atoms with Crippen molar-refractivity contribution in [3.05, 3.63) is 33.2 Å². The highest BCUT2D eigenvalue weighted by atomic mass is 32.2. The van der Waals surface area contributed by atoms with Gasteiger partial charge in [-0.3, -0.25) is 4.72 Å². The average Bonchev–Trinajstić information content (AvgIpc) is 2.88. The third kappa shape index (κ3) is 3.06. The van der Waals surface area contributed by atoms with Crippen LogP contribution in [-0.2, 0) is 16.6 Å². The molecule has 0 saturated heterocycles. The third-order valence-electron chi connectivity index (χ3n) is 2.06. The lowest BCUT2D eigenvalue weighted by atomic mass is 10.5. The first kappa shape index (κ1) is 12.6. The molecule has 2 aromatic heterocycles. The van der Waals surface area contributed by atoms with Gasteiger partial charge in [-0.2, -0.15) is 11.3 Å². The number of hydrogen-bond acceptors (Lipinski definition) is 5. The molecule has 2 heterocycles. The lowest BCUT2D eigenvalue weighted by Crippen LogP contribution is -2.11. The van der Waals surface area contributed by atoms with Crippen molar-refractivity contribution in [2.24, 2.45) is 0 Å². The van der Waals surface area contributed by atoms with Gasteiger partial charge in [-0.15, -0.1) is 11.3 Å². The second kappa shape index (κ2) is 5.18. The second-order valence-corrected chi connectivity index (χ2v) is 6.85. The van der Waals surface area contributed by atoms with Gasteiger partial charge in [0.25, 0.3) is 10.0 Å². The third-order valence-corrected chi connectivity index (χ3v) is 5.19. The normalized spacial score (nSPS) is 11.6. The van der Waals surface area contributed by atoms with Crippen molar-refractivity contribution < 1.29 is 8.42 Å². The van der Waals surface area contributed by atoms with Crippen molar-refractivity contribution >= 4 is 38.4 Å². The Morgan fingerprint density at radius 2 is 2.18 bits per heavy atom. The Morgan fingerprint density at radius 1 is 1.35 bits per heavy atom. The summed E-state index contributed by atoms with van der Waals surface area (Å²) in [6, 6.07) is 3.43. The lowest BCUT2D eigenvalue weighted by molar-refractivity contribution is 0.601. The van der Waals surface area contributed by atoms with Crippen molar-refractivity contribution in [2.75, 3.05) is 11.8 Å². The van der Waals surface area contributed by atoms with Crippen molar-refractivity contribution in [1.82, 2.24) is 5.32 Å². The first-order chi connectivity index (χ1) is 8.12. The topological polar surface area (TPSA) is 58.2 Å². The van der Waals surface area contributed by atoms with Crippen LogP contribution in [0.3, 0.4) is 0 Å². The van der Waals surface area contributed by atoms with Crippen LogP contribution in [0.1, 0.15) is 4.88 Å². The van der Waals surface area contributed by atoms with E-state index < -0.39 is 10.0 Å². The van der Waals surface area contributed by atoms with Gasteiger partial charge in [-0.05, 0) is 24.6 Å². The van der Waals surface area contributed by atoms with Crippen LogP contribution in [0.4, 0.5) is 5.69 Å². The van der Waals surface area contributed by atoms with Crippen LogP contribution < -0.4 is 10.0 Å². The number of rotatable bonds is 5. The van der Waals surface area contributed by atoms with Crippen molar-refractivity contribution in [3.63, 3.8) is 0 Å². The van der Waals surface area contributed by atoms with Crippen molar-refractivity contribution in [2.45, 2.75) is 11.4 Å². The van der Waals surface area contributed by atoms with E-state index in [2.05, 4.69) is 10.0 Å². The van der Waals surface area contributed by atoms with Crippen LogP contribution in [0, 0.1) is 0 Å². The molecule has 4 nitrogen and oxygen atoms in total. The lowest BCUT2D eigenvalue weighted by Gasteiger charge is -2.03. The maximum absolute atomic E-state index is 12.0. The Kier molecular flexibility index (Phi) is 3.82. The quantitative estimate of drug-likeness (QED) is 0.888. The van der Waals surface area contributed by atoms with Gasteiger partial charge in [0.1, 0.15) is 0 Å². The maximum Gasteiger partial charge on any atom is 0.262 e. The molecular weight excluding hydrogens is 276 g/mol. The molecule has 2 N–H and O–H groups in total. The minimum absolute atomic E-state index is 0.318. The van der Waals surface area contributed by atoms with Crippen LogP contribution >= 0.6 is 22.7 Å². The van der Waals surface area contributed by atoms with Crippen LogP contribution in [0.15, 0.2) is 33.2 Å². The van der Waals surface area contributed by atoms with Crippen LogP contribution in [0.2, 0.25) is 0 Å². The summed E-state index contributed by atoms with van der Waals surface area (Å²) >= 11 is 2.89. The molecule has 0 amide bonds. The number of nitrogens with one attached hydrogen (secondary N) is 2. The van der Waals surface area contributed by atoms with E-state index in [1.54, 1.807) is 22.9 Å². The molecule has 0 aliphatic carbocycles. The highest BCUT2D eigenvalue weighted by Gasteiger charge is 2.16. The monoisotopic (exact) mass is 288 g/mol. The molecule has 0 spiro atoms. The van der Waals surface area contributed by atoms with Gasteiger partial charge in [-0.25, -0.2) is 8.42 Å². The van der Waals surface area contributed by atoms with Gasteiger partial charge in [0.05, 0.1) is 10.6 Å². The van der Waals surface area contributed by atoms with E-state index in [1.807, 2.05) is 12.4 Å². The van der Waals surface area contributed by atoms with Gasteiger partial charge in [0.15, 0.2) is 0 Å². The standard InChI is InChI=1S/C10H12N2O2S3/c1-11-5-9-4-10(7-16-9)17(13,14)12-8-2-3-15-6-8/h2-4,6-7,11-12H,5H2,1H3. The zero-order valence-electron chi connectivity index (χ0n) is 9.14. The van der Waals surface area contributed by atoms with Crippen molar-refractivity contribution in [1.29, 1.82) is 0 Å². The zero-order chi connectivity index (χ0) is 12.3.